The lowest BCUT2D eigenvalue weighted by molar-refractivity contribution is 0.0970. The summed E-state index contributed by atoms with van der Waals surface area (Å²) in [7, 11) is 0. The van der Waals surface area contributed by atoms with Crippen LogP contribution < -0.4 is 5.56 Å². The van der Waals surface area contributed by atoms with E-state index < -0.39 is 0 Å². The van der Waals surface area contributed by atoms with Crippen molar-refractivity contribution in [1.29, 1.82) is 0 Å². The number of ketones is 1. The molecule has 6 nitrogen and oxygen atoms in total. The monoisotopic (exact) mass is 358 g/mol. The fourth-order valence-electron chi connectivity index (χ4n) is 3.15. The molecule has 0 amide bonds. The van der Waals surface area contributed by atoms with E-state index >= 15 is 0 Å². The van der Waals surface area contributed by atoms with Gasteiger partial charge in [0.15, 0.2) is 11.4 Å². The van der Waals surface area contributed by atoms with Crippen molar-refractivity contribution in [3.8, 4) is 5.69 Å². The summed E-state index contributed by atoms with van der Waals surface area (Å²) in [5, 5.41) is 4.74. The molecule has 134 valence electrons. The van der Waals surface area contributed by atoms with Gasteiger partial charge in [0.2, 0.25) is 0 Å². The second-order valence-corrected chi connectivity index (χ2v) is 6.55. The van der Waals surface area contributed by atoms with Gasteiger partial charge >= 0.3 is 0 Å². The van der Waals surface area contributed by atoms with E-state index in [1.807, 2.05) is 32.0 Å². The van der Waals surface area contributed by atoms with E-state index in [4.69, 9.17) is 0 Å². The van der Waals surface area contributed by atoms with Crippen LogP contribution in [0, 0.1) is 13.8 Å². The molecule has 2 aromatic heterocycles. The summed E-state index contributed by atoms with van der Waals surface area (Å²) >= 11 is 0. The molecular formula is C21H18N4O2. The molecule has 4 aromatic rings. The van der Waals surface area contributed by atoms with Crippen molar-refractivity contribution < 1.29 is 4.79 Å². The molecule has 6 heteroatoms. The summed E-state index contributed by atoms with van der Waals surface area (Å²) in [6, 6.07) is 14.9. The normalized spacial score (nSPS) is 11.0. The van der Waals surface area contributed by atoms with Crippen LogP contribution in [0.25, 0.3) is 16.7 Å². The predicted molar refractivity (Wildman–Crippen MR) is 103 cm³/mol. The Kier molecular flexibility index (Phi) is 4.16. The highest BCUT2D eigenvalue weighted by Crippen LogP contribution is 2.18. The molecule has 0 N–H and O–H groups in total. The lowest BCUT2D eigenvalue weighted by atomic mass is 10.1. The molecule has 0 bridgehead atoms. The summed E-state index contributed by atoms with van der Waals surface area (Å²) in [6.45, 7) is 3.97. The third-order valence-corrected chi connectivity index (χ3v) is 4.54. The first kappa shape index (κ1) is 16.9. The fourth-order valence-corrected chi connectivity index (χ4v) is 3.15. The molecule has 0 aliphatic heterocycles. The molecule has 2 aromatic carbocycles. The van der Waals surface area contributed by atoms with Gasteiger partial charge in [-0.05, 0) is 25.5 Å². The minimum absolute atomic E-state index is 0.0550. The van der Waals surface area contributed by atoms with Crippen molar-refractivity contribution in [2.24, 2.45) is 0 Å². The van der Waals surface area contributed by atoms with Crippen molar-refractivity contribution in [3.05, 3.63) is 88.1 Å². The second-order valence-electron chi connectivity index (χ2n) is 6.55. The van der Waals surface area contributed by atoms with E-state index in [2.05, 4.69) is 16.1 Å². The van der Waals surface area contributed by atoms with Crippen LogP contribution in [0.15, 0.2) is 65.8 Å². The Balaban J connectivity index is 1.74. The number of aromatic nitrogens is 4. The van der Waals surface area contributed by atoms with Gasteiger partial charge in [0, 0.05) is 5.56 Å². The first-order valence-corrected chi connectivity index (χ1v) is 8.63. The quantitative estimate of drug-likeness (QED) is 0.526. The number of carbonyl (C=O) groups excluding carboxylic acids is 1. The van der Waals surface area contributed by atoms with Crippen molar-refractivity contribution in [2.75, 3.05) is 0 Å². The molecule has 0 fully saturated rings. The summed E-state index contributed by atoms with van der Waals surface area (Å²) in [5.74, 6) is -0.138. The number of benzene rings is 2. The van der Waals surface area contributed by atoms with Crippen molar-refractivity contribution in [1.82, 2.24) is 19.3 Å². The molecular weight excluding hydrogens is 340 g/mol. The van der Waals surface area contributed by atoms with Crippen LogP contribution in [0.5, 0.6) is 0 Å². The molecule has 0 atom stereocenters. The Bertz CT molecular complexity index is 1210. The molecule has 4 rings (SSSR count). The van der Waals surface area contributed by atoms with Gasteiger partial charge in [0.1, 0.15) is 11.7 Å². The maximum atomic E-state index is 12.8. The third-order valence-electron chi connectivity index (χ3n) is 4.54. The van der Waals surface area contributed by atoms with Crippen LogP contribution in [0.2, 0.25) is 0 Å². The molecule has 0 unspecified atom stereocenters. The Morgan fingerprint density at radius 1 is 1.07 bits per heavy atom. The first-order chi connectivity index (χ1) is 13.0. The third kappa shape index (κ3) is 3.06. The Hall–Kier alpha value is -3.54. The van der Waals surface area contributed by atoms with E-state index in [1.54, 1.807) is 28.9 Å². The van der Waals surface area contributed by atoms with Crippen LogP contribution in [0.3, 0.4) is 0 Å². The van der Waals surface area contributed by atoms with Crippen molar-refractivity contribution >= 4 is 16.8 Å². The van der Waals surface area contributed by atoms with Crippen LogP contribution in [-0.4, -0.2) is 25.1 Å². The summed E-state index contributed by atoms with van der Waals surface area (Å²) in [4.78, 5) is 29.6. The zero-order chi connectivity index (χ0) is 19.0. The van der Waals surface area contributed by atoms with Crippen LogP contribution in [-0.2, 0) is 6.54 Å². The second kappa shape index (κ2) is 6.64. The van der Waals surface area contributed by atoms with E-state index in [9.17, 15) is 9.59 Å². The molecule has 2 heterocycles. The van der Waals surface area contributed by atoms with Gasteiger partial charge in [-0.25, -0.2) is 9.67 Å². The Morgan fingerprint density at radius 3 is 2.59 bits per heavy atom. The molecule has 0 saturated carbocycles. The number of carbonyl (C=O) groups is 1. The molecule has 27 heavy (non-hydrogen) atoms. The maximum absolute atomic E-state index is 12.8. The maximum Gasteiger partial charge on any atom is 0.264 e. The molecule has 0 aliphatic carbocycles. The number of Topliss-reactive ketones (excluding diaryl/α,β-unsaturated/α-hetero) is 1. The highest BCUT2D eigenvalue weighted by molar-refractivity contribution is 5.95. The Morgan fingerprint density at radius 2 is 1.85 bits per heavy atom. The number of nitrogens with zero attached hydrogens (tertiary/aromatic N) is 4. The average Bonchev–Trinajstić information content (AvgIpc) is 3.09. The van der Waals surface area contributed by atoms with Gasteiger partial charge in [0.25, 0.3) is 5.56 Å². The largest absolute Gasteiger partial charge is 0.292 e. The summed E-state index contributed by atoms with van der Waals surface area (Å²) < 4.78 is 2.99. The number of hydrogen-bond acceptors (Lipinski definition) is 4. The smallest absolute Gasteiger partial charge is 0.264 e. The summed E-state index contributed by atoms with van der Waals surface area (Å²) in [6.07, 6.45) is 2.92. The molecule has 0 radical (unpaired) electrons. The summed E-state index contributed by atoms with van der Waals surface area (Å²) in [5.41, 5.74) is 3.85. The highest BCUT2D eigenvalue weighted by atomic mass is 16.1. The zero-order valence-corrected chi connectivity index (χ0v) is 15.1. The number of aryl methyl sites for hydroxylation is 2. The van der Waals surface area contributed by atoms with Crippen LogP contribution >= 0.6 is 0 Å². The van der Waals surface area contributed by atoms with Gasteiger partial charge in [-0.1, -0.05) is 48.0 Å². The van der Waals surface area contributed by atoms with Crippen LogP contribution in [0.4, 0.5) is 0 Å². The molecule has 0 spiro atoms. The molecule has 0 saturated heterocycles. The topological polar surface area (TPSA) is 69.8 Å². The van der Waals surface area contributed by atoms with E-state index in [1.165, 1.54) is 17.1 Å². The highest BCUT2D eigenvalue weighted by Gasteiger charge is 2.15. The lowest BCUT2D eigenvalue weighted by Gasteiger charge is -2.08. The van der Waals surface area contributed by atoms with Crippen molar-refractivity contribution in [3.63, 3.8) is 0 Å². The standard InChI is InChI=1S/C21H18N4O2/c1-14-8-9-18(15(2)10-14)25-20-17(11-23-25)21(27)24(13-22-20)12-19(26)16-6-4-3-5-7-16/h3-11,13H,12H2,1-2H3. The number of hydrogen-bond donors (Lipinski definition) is 0. The van der Waals surface area contributed by atoms with Gasteiger partial charge in [-0.15, -0.1) is 0 Å². The average molecular weight is 358 g/mol. The van der Waals surface area contributed by atoms with Gasteiger partial charge < -0.3 is 0 Å². The fraction of sp³-hybridized carbons (Fsp3) is 0.143. The van der Waals surface area contributed by atoms with Crippen LogP contribution in [0.1, 0.15) is 21.5 Å². The molecule has 0 aliphatic rings. The van der Waals surface area contributed by atoms with Crippen molar-refractivity contribution in [2.45, 2.75) is 20.4 Å². The minimum Gasteiger partial charge on any atom is -0.292 e. The van der Waals surface area contributed by atoms with Gasteiger partial charge in [0.05, 0.1) is 18.4 Å². The minimum atomic E-state index is -0.278. The first-order valence-electron chi connectivity index (χ1n) is 8.63. The van der Waals surface area contributed by atoms with Gasteiger partial charge in [-0.2, -0.15) is 5.10 Å². The predicted octanol–water partition coefficient (Wildman–Crippen LogP) is 3.08. The Labute approximate surface area is 155 Å². The lowest BCUT2D eigenvalue weighted by Crippen LogP contribution is -2.24. The van der Waals surface area contributed by atoms with E-state index in [0.29, 0.717) is 16.6 Å². The van der Waals surface area contributed by atoms with E-state index in [-0.39, 0.29) is 17.9 Å². The number of rotatable bonds is 4. The number of fused-ring (bicyclic) bond motifs is 1. The SMILES string of the molecule is Cc1ccc(-n2ncc3c(=O)n(CC(=O)c4ccccc4)cnc32)c(C)c1. The van der Waals surface area contributed by atoms with Gasteiger partial charge in [-0.3, -0.25) is 14.2 Å². The van der Waals surface area contributed by atoms with E-state index in [0.717, 1.165) is 16.8 Å². The zero-order valence-electron chi connectivity index (χ0n) is 15.1.